The van der Waals surface area contributed by atoms with E-state index in [1.165, 1.54) is 0 Å². The predicted octanol–water partition coefficient (Wildman–Crippen LogP) is 3.56. The summed E-state index contributed by atoms with van der Waals surface area (Å²) in [7, 11) is 0. The highest BCUT2D eigenvalue weighted by Crippen LogP contribution is 2.29. The minimum atomic E-state index is -0.141. The van der Waals surface area contributed by atoms with Gasteiger partial charge >= 0.3 is 0 Å². The molecule has 0 saturated carbocycles. The molecule has 0 saturated heterocycles. The SMILES string of the molecule is CCC(CO)Nc1nc(NCc2cccc(Cl)c2O)c2ncn(C(C)C)c2n1. The molecule has 9 heteroatoms. The summed E-state index contributed by atoms with van der Waals surface area (Å²) in [6.07, 6.45) is 2.47. The van der Waals surface area contributed by atoms with Crippen molar-refractivity contribution in [2.24, 2.45) is 0 Å². The molecule has 150 valence electrons. The quantitative estimate of drug-likeness (QED) is 0.454. The van der Waals surface area contributed by atoms with Gasteiger partial charge in [-0.05, 0) is 26.3 Å². The largest absolute Gasteiger partial charge is 0.506 e. The monoisotopic (exact) mass is 404 g/mol. The number of hydrogen-bond acceptors (Lipinski definition) is 7. The van der Waals surface area contributed by atoms with Gasteiger partial charge in [-0.25, -0.2) is 4.98 Å². The molecule has 8 nitrogen and oxygen atoms in total. The van der Waals surface area contributed by atoms with Crippen LogP contribution < -0.4 is 10.6 Å². The van der Waals surface area contributed by atoms with E-state index in [1.807, 2.05) is 11.5 Å². The van der Waals surface area contributed by atoms with Crippen molar-refractivity contribution in [1.29, 1.82) is 0 Å². The Morgan fingerprint density at radius 3 is 2.71 bits per heavy atom. The second-order valence-electron chi connectivity index (χ2n) is 6.85. The van der Waals surface area contributed by atoms with E-state index in [9.17, 15) is 10.2 Å². The molecule has 3 aromatic rings. The minimum absolute atomic E-state index is 0.0134. The number of phenolic OH excluding ortho intramolecular Hbond substituents is 1. The first kappa shape index (κ1) is 20.2. The summed E-state index contributed by atoms with van der Waals surface area (Å²) in [6, 6.07) is 5.24. The lowest BCUT2D eigenvalue weighted by molar-refractivity contribution is 0.271. The number of phenols is 1. The number of rotatable bonds is 8. The van der Waals surface area contributed by atoms with Crippen LogP contribution in [-0.4, -0.2) is 42.4 Å². The number of imidazole rings is 1. The van der Waals surface area contributed by atoms with Crippen LogP contribution in [0.1, 0.15) is 38.8 Å². The molecule has 3 rings (SSSR count). The molecule has 1 unspecified atom stereocenters. The minimum Gasteiger partial charge on any atom is -0.506 e. The maximum atomic E-state index is 10.1. The summed E-state index contributed by atoms with van der Waals surface area (Å²) in [4.78, 5) is 13.6. The average Bonchev–Trinajstić information content (AvgIpc) is 3.11. The van der Waals surface area contributed by atoms with E-state index in [0.29, 0.717) is 40.1 Å². The van der Waals surface area contributed by atoms with Crippen LogP contribution in [-0.2, 0) is 6.54 Å². The number of hydrogen-bond donors (Lipinski definition) is 4. The first-order valence-electron chi connectivity index (χ1n) is 9.26. The Morgan fingerprint density at radius 2 is 2.04 bits per heavy atom. The van der Waals surface area contributed by atoms with Gasteiger partial charge in [-0.2, -0.15) is 9.97 Å². The van der Waals surface area contributed by atoms with Gasteiger partial charge in [0.25, 0.3) is 0 Å². The third-order valence-corrected chi connectivity index (χ3v) is 4.85. The molecule has 2 aromatic heterocycles. The summed E-state index contributed by atoms with van der Waals surface area (Å²) in [5.41, 5.74) is 1.98. The molecule has 1 atom stereocenters. The lowest BCUT2D eigenvalue weighted by atomic mass is 10.2. The number of benzene rings is 1. The highest BCUT2D eigenvalue weighted by molar-refractivity contribution is 6.32. The molecule has 0 fully saturated rings. The highest BCUT2D eigenvalue weighted by atomic mass is 35.5. The summed E-state index contributed by atoms with van der Waals surface area (Å²) < 4.78 is 1.96. The summed E-state index contributed by atoms with van der Waals surface area (Å²) >= 11 is 5.99. The third-order valence-electron chi connectivity index (χ3n) is 4.54. The van der Waals surface area contributed by atoms with Crippen molar-refractivity contribution in [3.63, 3.8) is 0 Å². The number of halogens is 1. The van der Waals surface area contributed by atoms with Crippen molar-refractivity contribution in [3.8, 4) is 5.75 Å². The number of anilines is 2. The second kappa shape index (κ2) is 8.62. The van der Waals surface area contributed by atoms with Crippen molar-refractivity contribution in [2.75, 3.05) is 17.2 Å². The molecule has 1 aromatic carbocycles. The molecule has 0 aliphatic rings. The Bertz CT molecular complexity index is 955. The number of para-hydroxylation sites is 1. The second-order valence-corrected chi connectivity index (χ2v) is 7.25. The van der Waals surface area contributed by atoms with Gasteiger partial charge in [0.05, 0.1) is 24.0 Å². The maximum Gasteiger partial charge on any atom is 0.227 e. The number of nitrogens with zero attached hydrogens (tertiary/aromatic N) is 4. The normalized spacial score (nSPS) is 12.5. The molecule has 0 radical (unpaired) electrons. The summed E-state index contributed by atoms with van der Waals surface area (Å²) in [6.45, 7) is 6.39. The average molecular weight is 405 g/mol. The van der Waals surface area contributed by atoms with Crippen molar-refractivity contribution in [3.05, 3.63) is 35.1 Å². The van der Waals surface area contributed by atoms with E-state index in [2.05, 4.69) is 39.4 Å². The Balaban J connectivity index is 1.98. The summed E-state index contributed by atoms with van der Waals surface area (Å²) in [5.74, 6) is 0.993. The van der Waals surface area contributed by atoms with E-state index in [-0.39, 0.29) is 24.4 Å². The van der Waals surface area contributed by atoms with Gasteiger partial charge in [0.15, 0.2) is 17.0 Å². The zero-order valence-corrected chi connectivity index (χ0v) is 16.9. The number of fused-ring (bicyclic) bond motifs is 1. The fraction of sp³-hybridized carbons (Fsp3) is 0.421. The first-order chi connectivity index (χ1) is 13.4. The number of nitrogens with one attached hydrogen (secondary N) is 2. The van der Waals surface area contributed by atoms with E-state index >= 15 is 0 Å². The zero-order valence-electron chi connectivity index (χ0n) is 16.1. The third kappa shape index (κ3) is 4.13. The standard InChI is InChI=1S/C19H25ClN6O2/c1-4-13(9-27)23-19-24-17(15-18(25-19)26(10-22-15)11(2)3)21-8-12-6-5-7-14(20)16(12)28/h5-7,10-11,13,27-28H,4,8-9H2,1-3H3,(H2,21,23,24,25). The molecule has 0 spiro atoms. The first-order valence-corrected chi connectivity index (χ1v) is 9.64. The highest BCUT2D eigenvalue weighted by Gasteiger charge is 2.17. The lowest BCUT2D eigenvalue weighted by Crippen LogP contribution is -2.24. The van der Waals surface area contributed by atoms with Crippen LogP contribution in [0.25, 0.3) is 11.2 Å². The van der Waals surface area contributed by atoms with Gasteiger partial charge in [0.1, 0.15) is 5.75 Å². The van der Waals surface area contributed by atoms with Crippen LogP contribution in [0.15, 0.2) is 24.5 Å². The fourth-order valence-electron chi connectivity index (χ4n) is 2.82. The molecule has 28 heavy (non-hydrogen) atoms. The van der Waals surface area contributed by atoms with Crippen LogP contribution >= 0.6 is 11.6 Å². The van der Waals surface area contributed by atoms with Crippen LogP contribution in [0.4, 0.5) is 11.8 Å². The number of aliphatic hydroxyl groups excluding tert-OH is 1. The Kier molecular flexibility index (Phi) is 6.21. The van der Waals surface area contributed by atoms with Gasteiger partial charge < -0.3 is 25.4 Å². The van der Waals surface area contributed by atoms with Gasteiger partial charge in [-0.15, -0.1) is 0 Å². The van der Waals surface area contributed by atoms with E-state index in [0.717, 1.165) is 6.42 Å². The van der Waals surface area contributed by atoms with Crippen molar-refractivity contribution in [1.82, 2.24) is 19.5 Å². The lowest BCUT2D eigenvalue weighted by Gasteiger charge is -2.16. The molecule has 2 heterocycles. The maximum absolute atomic E-state index is 10.1. The molecule has 0 aliphatic heterocycles. The Hall–Kier alpha value is -2.58. The van der Waals surface area contributed by atoms with Crippen LogP contribution in [0.5, 0.6) is 5.75 Å². The van der Waals surface area contributed by atoms with Gasteiger partial charge in [-0.3, -0.25) is 0 Å². The van der Waals surface area contributed by atoms with Crippen LogP contribution in [0, 0.1) is 0 Å². The molecular formula is C19H25ClN6O2. The molecule has 0 bridgehead atoms. The number of aromatic nitrogens is 4. The van der Waals surface area contributed by atoms with E-state index < -0.39 is 0 Å². The zero-order chi connectivity index (χ0) is 20.3. The van der Waals surface area contributed by atoms with E-state index in [1.54, 1.807) is 24.5 Å². The molecule has 4 N–H and O–H groups in total. The van der Waals surface area contributed by atoms with Crippen LogP contribution in [0.2, 0.25) is 5.02 Å². The Labute approximate surface area is 168 Å². The predicted molar refractivity (Wildman–Crippen MR) is 111 cm³/mol. The number of aromatic hydroxyl groups is 1. The van der Waals surface area contributed by atoms with Crippen molar-refractivity contribution in [2.45, 2.75) is 45.8 Å². The molecule has 0 aliphatic carbocycles. The Morgan fingerprint density at radius 1 is 1.25 bits per heavy atom. The molecular weight excluding hydrogens is 380 g/mol. The van der Waals surface area contributed by atoms with Gasteiger partial charge in [-0.1, -0.05) is 30.7 Å². The topological polar surface area (TPSA) is 108 Å². The summed E-state index contributed by atoms with van der Waals surface area (Å²) in [5, 5.41) is 26.3. The fourth-order valence-corrected chi connectivity index (χ4v) is 3.02. The molecule has 0 amide bonds. The van der Waals surface area contributed by atoms with Crippen molar-refractivity contribution >= 4 is 34.5 Å². The smallest absolute Gasteiger partial charge is 0.227 e. The van der Waals surface area contributed by atoms with Gasteiger partial charge in [0.2, 0.25) is 5.95 Å². The number of aliphatic hydroxyl groups is 1. The van der Waals surface area contributed by atoms with Crippen molar-refractivity contribution < 1.29 is 10.2 Å². The van der Waals surface area contributed by atoms with E-state index in [4.69, 9.17) is 11.6 Å². The van der Waals surface area contributed by atoms with Gasteiger partial charge in [0, 0.05) is 18.2 Å². The van der Waals surface area contributed by atoms with Crippen LogP contribution in [0.3, 0.4) is 0 Å².